The van der Waals surface area contributed by atoms with Crippen molar-refractivity contribution >= 4 is 11.8 Å². The highest BCUT2D eigenvalue weighted by Gasteiger charge is 2.27. The lowest BCUT2D eigenvalue weighted by Gasteiger charge is -2.13. The summed E-state index contributed by atoms with van der Waals surface area (Å²) in [5, 5.41) is 5.45. The Kier molecular flexibility index (Phi) is 2.41. The second-order valence-corrected chi connectivity index (χ2v) is 3.35. The molecular formula is C11H12N2O2. The quantitative estimate of drug-likeness (QED) is 0.696. The Morgan fingerprint density at radius 1 is 1.40 bits per heavy atom. The number of carbonyl (C=O) groups is 1. The summed E-state index contributed by atoms with van der Waals surface area (Å²) in [6, 6.07) is 9.53. The Bertz CT molecular complexity index is 400. The summed E-state index contributed by atoms with van der Waals surface area (Å²) in [5.41, 5.74) is 0.883. The molecule has 78 valence electrons. The van der Waals surface area contributed by atoms with Crippen LogP contribution in [0.2, 0.25) is 0 Å². The molecule has 0 fully saturated rings. The lowest BCUT2D eigenvalue weighted by atomic mass is 10.2. The molecule has 0 aliphatic carbocycles. The number of carbonyl (C=O) groups excluding carboxylic acids is 1. The molecule has 0 bridgehead atoms. The first-order valence-electron chi connectivity index (χ1n) is 4.79. The van der Waals surface area contributed by atoms with E-state index in [9.17, 15) is 4.79 Å². The topological polar surface area (TPSA) is 41.9 Å². The van der Waals surface area contributed by atoms with Gasteiger partial charge in [0, 0.05) is 12.5 Å². The van der Waals surface area contributed by atoms with Crippen molar-refractivity contribution in [1.82, 2.24) is 5.01 Å². The van der Waals surface area contributed by atoms with Crippen molar-refractivity contribution in [2.75, 3.05) is 0 Å². The summed E-state index contributed by atoms with van der Waals surface area (Å²) in [6.45, 7) is 3.26. The fourth-order valence-corrected chi connectivity index (χ4v) is 1.45. The minimum Gasteiger partial charge on any atom is -0.450 e. The fourth-order valence-electron chi connectivity index (χ4n) is 1.45. The van der Waals surface area contributed by atoms with Crippen LogP contribution < -0.4 is 0 Å². The Morgan fingerprint density at radius 3 is 2.60 bits per heavy atom. The molecule has 1 amide bonds. The van der Waals surface area contributed by atoms with Crippen LogP contribution >= 0.6 is 0 Å². The Balaban J connectivity index is 2.27. The average molecular weight is 204 g/mol. The molecule has 1 aromatic carbocycles. The molecule has 15 heavy (non-hydrogen) atoms. The first kappa shape index (κ1) is 9.71. The van der Waals surface area contributed by atoms with Crippen molar-refractivity contribution in [3.63, 3.8) is 0 Å². The Morgan fingerprint density at radius 2 is 2.07 bits per heavy atom. The van der Waals surface area contributed by atoms with E-state index in [4.69, 9.17) is 4.74 Å². The van der Waals surface area contributed by atoms with E-state index in [-0.39, 0.29) is 12.1 Å². The summed E-state index contributed by atoms with van der Waals surface area (Å²) in [6.07, 6.45) is -0.322. The second kappa shape index (κ2) is 3.73. The van der Waals surface area contributed by atoms with Gasteiger partial charge in [0.25, 0.3) is 0 Å². The molecule has 1 aliphatic rings. The number of hydrogen-bond donors (Lipinski definition) is 0. The van der Waals surface area contributed by atoms with Crippen molar-refractivity contribution in [2.24, 2.45) is 5.10 Å². The first-order valence-corrected chi connectivity index (χ1v) is 4.79. The molecule has 1 heterocycles. The van der Waals surface area contributed by atoms with Crippen LogP contribution in [0.1, 0.15) is 19.4 Å². The van der Waals surface area contributed by atoms with Crippen LogP contribution in [0, 0.1) is 0 Å². The van der Waals surface area contributed by atoms with Gasteiger partial charge in [-0.05, 0) is 19.1 Å². The van der Waals surface area contributed by atoms with E-state index >= 15 is 0 Å². The molecule has 1 aromatic rings. The van der Waals surface area contributed by atoms with Crippen molar-refractivity contribution in [2.45, 2.75) is 20.1 Å². The maximum absolute atomic E-state index is 11.2. The van der Waals surface area contributed by atoms with E-state index in [1.165, 1.54) is 11.9 Å². The fraction of sp³-hybridized carbons (Fsp3) is 0.273. The van der Waals surface area contributed by atoms with Gasteiger partial charge in [0.05, 0.1) is 0 Å². The first-order chi connectivity index (χ1) is 7.18. The summed E-state index contributed by atoms with van der Waals surface area (Å²) in [4.78, 5) is 11.2. The van der Waals surface area contributed by atoms with Crippen molar-refractivity contribution < 1.29 is 9.53 Å². The maximum atomic E-state index is 11.2. The van der Waals surface area contributed by atoms with E-state index in [0.717, 1.165) is 5.56 Å². The van der Waals surface area contributed by atoms with Gasteiger partial charge >= 0.3 is 0 Å². The molecule has 0 N–H and O–H groups in total. The maximum Gasteiger partial charge on any atom is 0.242 e. The number of rotatable bonds is 1. The Labute approximate surface area is 88.2 Å². The number of benzene rings is 1. The SMILES string of the molecule is CC(=O)N1N=C(c2ccccc2)OC1C. The summed E-state index contributed by atoms with van der Waals surface area (Å²) < 4.78 is 5.48. The molecule has 4 heteroatoms. The standard InChI is InChI=1S/C11H12N2O2/c1-8(14)13-9(2)15-11(12-13)10-6-4-3-5-7-10/h3-7,9H,1-2H3. The minimum atomic E-state index is -0.322. The third-order valence-electron chi connectivity index (χ3n) is 2.17. The van der Waals surface area contributed by atoms with Gasteiger partial charge in [0.2, 0.25) is 11.8 Å². The van der Waals surface area contributed by atoms with Gasteiger partial charge in [0.15, 0.2) is 6.23 Å². The number of ether oxygens (including phenoxy) is 1. The van der Waals surface area contributed by atoms with Gasteiger partial charge in [-0.15, -0.1) is 5.10 Å². The number of hydrogen-bond acceptors (Lipinski definition) is 3. The van der Waals surface area contributed by atoms with E-state index in [1.54, 1.807) is 6.92 Å². The van der Waals surface area contributed by atoms with Gasteiger partial charge in [-0.25, -0.2) is 0 Å². The normalized spacial score (nSPS) is 19.7. The highest BCUT2D eigenvalue weighted by atomic mass is 16.5. The van der Waals surface area contributed by atoms with Crippen LogP contribution in [-0.4, -0.2) is 23.0 Å². The number of amides is 1. The third kappa shape index (κ3) is 1.83. The number of hydrazone groups is 1. The zero-order valence-corrected chi connectivity index (χ0v) is 8.68. The molecule has 0 saturated carbocycles. The van der Waals surface area contributed by atoms with Crippen LogP contribution in [0.15, 0.2) is 35.4 Å². The van der Waals surface area contributed by atoms with Gasteiger partial charge in [-0.2, -0.15) is 5.01 Å². The lowest BCUT2D eigenvalue weighted by molar-refractivity contribution is -0.134. The zero-order chi connectivity index (χ0) is 10.8. The minimum absolute atomic E-state index is 0.117. The van der Waals surface area contributed by atoms with E-state index in [2.05, 4.69) is 5.10 Å². The molecule has 0 saturated heterocycles. The van der Waals surface area contributed by atoms with Crippen LogP contribution in [0.3, 0.4) is 0 Å². The molecular weight excluding hydrogens is 192 g/mol. The van der Waals surface area contributed by atoms with Gasteiger partial charge < -0.3 is 4.74 Å². The molecule has 1 unspecified atom stereocenters. The second-order valence-electron chi connectivity index (χ2n) is 3.35. The highest BCUT2D eigenvalue weighted by molar-refractivity contribution is 5.96. The van der Waals surface area contributed by atoms with E-state index < -0.39 is 0 Å². The molecule has 4 nitrogen and oxygen atoms in total. The van der Waals surface area contributed by atoms with Crippen LogP contribution in [0.4, 0.5) is 0 Å². The average Bonchev–Trinajstić information content (AvgIpc) is 2.62. The van der Waals surface area contributed by atoms with Crippen molar-refractivity contribution in [3.05, 3.63) is 35.9 Å². The smallest absolute Gasteiger partial charge is 0.242 e. The predicted molar refractivity (Wildman–Crippen MR) is 56.0 cm³/mol. The van der Waals surface area contributed by atoms with Gasteiger partial charge in [0.1, 0.15) is 0 Å². The third-order valence-corrected chi connectivity index (χ3v) is 2.17. The molecule has 0 aromatic heterocycles. The number of nitrogens with zero attached hydrogens (tertiary/aromatic N) is 2. The Hall–Kier alpha value is -1.84. The summed E-state index contributed by atoms with van der Waals surface area (Å²) >= 11 is 0. The zero-order valence-electron chi connectivity index (χ0n) is 8.68. The predicted octanol–water partition coefficient (Wildman–Crippen LogP) is 1.57. The van der Waals surface area contributed by atoms with Crippen LogP contribution in [0.25, 0.3) is 0 Å². The van der Waals surface area contributed by atoms with E-state index in [1.807, 2.05) is 30.3 Å². The lowest BCUT2D eigenvalue weighted by Crippen LogP contribution is -2.29. The highest BCUT2D eigenvalue weighted by Crippen LogP contribution is 2.16. The monoisotopic (exact) mass is 204 g/mol. The molecule has 2 rings (SSSR count). The van der Waals surface area contributed by atoms with Crippen LogP contribution in [-0.2, 0) is 9.53 Å². The summed E-state index contributed by atoms with van der Waals surface area (Å²) in [7, 11) is 0. The molecule has 1 atom stereocenters. The van der Waals surface area contributed by atoms with Crippen LogP contribution in [0.5, 0.6) is 0 Å². The molecule has 0 radical (unpaired) electrons. The molecule has 1 aliphatic heterocycles. The van der Waals surface area contributed by atoms with Crippen molar-refractivity contribution in [3.8, 4) is 0 Å². The largest absolute Gasteiger partial charge is 0.450 e. The van der Waals surface area contributed by atoms with Gasteiger partial charge in [-0.1, -0.05) is 18.2 Å². The summed E-state index contributed by atoms with van der Waals surface area (Å²) in [5.74, 6) is 0.381. The van der Waals surface area contributed by atoms with E-state index in [0.29, 0.717) is 5.90 Å². The van der Waals surface area contributed by atoms with Crippen molar-refractivity contribution in [1.29, 1.82) is 0 Å². The molecule has 0 spiro atoms. The van der Waals surface area contributed by atoms with Gasteiger partial charge in [-0.3, -0.25) is 4.79 Å².